The van der Waals surface area contributed by atoms with Gasteiger partial charge in [-0.1, -0.05) is 12.1 Å². The molecule has 1 aromatic carbocycles. The molecule has 1 atom stereocenters. The summed E-state index contributed by atoms with van der Waals surface area (Å²) in [4.78, 5) is 16.2. The van der Waals surface area contributed by atoms with Gasteiger partial charge in [0.05, 0.1) is 12.2 Å². The van der Waals surface area contributed by atoms with Gasteiger partial charge in [0.1, 0.15) is 5.75 Å². The smallest absolute Gasteiger partial charge is 0.263 e. The number of amides is 1. The first-order valence-electron chi connectivity index (χ1n) is 6.91. The summed E-state index contributed by atoms with van der Waals surface area (Å²) >= 11 is 0. The molecule has 1 aliphatic heterocycles. The molecule has 1 amide bonds. The van der Waals surface area contributed by atoms with Crippen molar-refractivity contribution in [2.45, 2.75) is 19.6 Å². The number of hydrogen-bond donors (Lipinski definition) is 2. The van der Waals surface area contributed by atoms with Crippen LogP contribution >= 0.6 is 0 Å². The van der Waals surface area contributed by atoms with Crippen LogP contribution in [0.2, 0.25) is 0 Å². The number of ether oxygens (including phenoxy) is 1. The SMILES string of the molecule is Cc1cnccc1CNC(=O)C1CNc2ccccc2O1. The number of pyridine rings is 1. The second kappa shape index (κ2) is 5.83. The Morgan fingerprint density at radius 1 is 1.43 bits per heavy atom. The number of carbonyl (C=O) groups is 1. The van der Waals surface area contributed by atoms with Gasteiger partial charge >= 0.3 is 0 Å². The van der Waals surface area contributed by atoms with E-state index in [-0.39, 0.29) is 5.91 Å². The Morgan fingerprint density at radius 2 is 2.29 bits per heavy atom. The summed E-state index contributed by atoms with van der Waals surface area (Å²) in [5.74, 6) is 0.595. The van der Waals surface area contributed by atoms with Crippen LogP contribution in [-0.2, 0) is 11.3 Å². The summed E-state index contributed by atoms with van der Waals surface area (Å²) in [5.41, 5.74) is 3.04. The minimum atomic E-state index is -0.512. The highest BCUT2D eigenvalue weighted by Gasteiger charge is 2.25. The van der Waals surface area contributed by atoms with Crippen molar-refractivity contribution in [2.24, 2.45) is 0 Å². The molecule has 5 nitrogen and oxygen atoms in total. The van der Waals surface area contributed by atoms with Gasteiger partial charge in [0, 0.05) is 18.9 Å². The average molecular weight is 283 g/mol. The molecular formula is C16H17N3O2. The van der Waals surface area contributed by atoms with Crippen molar-refractivity contribution >= 4 is 11.6 Å². The second-order valence-corrected chi connectivity index (χ2v) is 5.00. The predicted octanol–water partition coefficient (Wildman–Crippen LogP) is 1.88. The number of rotatable bonds is 3. The molecule has 0 spiro atoms. The van der Waals surface area contributed by atoms with Gasteiger partial charge in [0.25, 0.3) is 5.91 Å². The minimum absolute atomic E-state index is 0.117. The molecule has 0 radical (unpaired) electrons. The lowest BCUT2D eigenvalue weighted by Gasteiger charge is -2.26. The third kappa shape index (κ3) is 2.97. The molecule has 0 aliphatic carbocycles. The monoisotopic (exact) mass is 283 g/mol. The first kappa shape index (κ1) is 13.4. The number of hydrogen-bond acceptors (Lipinski definition) is 4. The first-order valence-corrected chi connectivity index (χ1v) is 6.91. The van der Waals surface area contributed by atoms with Gasteiger partial charge in [-0.2, -0.15) is 0 Å². The predicted molar refractivity (Wildman–Crippen MR) is 80.2 cm³/mol. The van der Waals surface area contributed by atoms with Crippen molar-refractivity contribution in [3.63, 3.8) is 0 Å². The number of fused-ring (bicyclic) bond motifs is 1. The van der Waals surface area contributed by atoms with Crippen molar-refractivity contribution in [3.8, 4) is 5.75 Å². The van der Waals surface area contributed by atoms with Crippen molar-refractivity contribution < 1.29 is 9.53 Å². The van der Waals surface area contributed by atoms with Crippen LogP contribution in [0.15, 0.2) is 42.7 Å². The normalized spacial score (nSPS) is 16.3. The average Bonchev–Trinajstić information content (AvgIpc) is 2.53. The van der Waals surface area contributed by atoms with Crippen molar-refractivity contribution in [1.29, 1.82) is 0 Å². The van der Waals surface area contributed by atoms with E-state index in [4.69, 9.17) is 4.74 Å². The zero-order valence-corrected chi connectivity index (χ0v) is 11.8. The maximum absolute atomic E-state index is 12.2. The molecule has 0 bridgehead atoms. The Kier molecular flexibility index (Phi) is 3.73. The van der Waals surface area contributed by atoms with Gasteiger partial charge < -0.3 is 15.4 Å². The van der Waals surface area contributed by atoms with E-state index in [0.717, 1.165) is 16.8 Å². The zero-order valence-electron chi connectivity index (χ0n) is 11.8. The van der Waals surface area contributed by atoms with E-state index in [1.165, 1.54) is 0 Å². The largest absolute Gasteiger partial charge is 0.477 e. The fourth-order valence-electron chi connectivity index (χ4n) is 2.26. The highest BCUT2D eigenvalue weighted by Crippen LogP contribution is 2.28. The van der Waals surface area contributed by atoms with Crippen LogP contribution in [0.4, 0.5) is 5.69 Å². The maximum Gasteiger partial charge on any atom is 0.263 e. The highest BCUT2D eigenvalue weighted by atomic mass is 16.5. The van der Waals surface area contributed by atoms with Gasteiger partial charge in [0.15, 0.2) is 6.10 Å². The van der Waals surface area contributed by atoms with Crippen LogP contribution in [0.1, 0.15) is 11.1 Å². The third-order valence-corrected chi connectivity index (χ3v) is 3.52. The Bertz CT molecular complexity index is 657. The Balaban J connectivity index is 1.61. The van der Waals surface area contributed by atoms with E-state index in [1.807, 2.05) is 37.3 Å². The quantitative estimate of drug-likeness (QED) is 0.903. The van der Waals surface area contributed by atoms with Gasteiger partial charge in [-0.3, -0.25) is 9.78 Å². The van der Waals surface area contributed by atoms with E-state index < -0.39 is 6.10 Å². The highest BCUT2D eigenvalue weighted by molar-refractivity contribution is 5.83. The number of benzene rings is 1. The summed E-state index contributed by atoms with van der Waals surface area (Å²) in [7, 11) is 0. The Hall–Kier alpha value is -2.56. The lowest BCUT2D eigenvalue weighted by atomic mass is 10.1. The molecule has 2 aromatic rings. The van der Waals surface area contributed by atoms with Gasteiger partial charge in [-0.25, -0.2) is 0 Å². The minimum Gasteiger partial charge on any atom is -0.477 e. The van der Waals surface area contributed by atoms with E-state index in [1.54, 1.807) is 12.4 Å². The van der Waals surface area contributed by atoms with Gasteiger partial charge in [-0.05, 0) is 36.2 Å². The van der Waals surface area contributed by atoms with Crippen LogP contribution in [0, 0.1) is 6.92 Å². The van der Waals surface area contributed by atoms with E-state index in [2.05, 4.69) is 15.6 Å². The number of carbonyl (C=O) groups excluding carboxylic acids is 1. The van der Waals surface area contributed by atoms with Crippen molar-refractivity contribution in [1.82, 2.24) is 10.3 Å². The van der Waals surface area contributed by atoms with Gasteiger partial charge in [-0.15, -0.1) is 0 Å². The molecule has 2 heterocycles. The number of nitrogens with one attached hydrogen (secondary N) is 2. The topological polar surface area (TPSA) is 63.2 Å². The molecule has 3 rings (SSSR count). The number of nitrogens with zero attached hydrogens (tertiary/aromatic N) is 1. The van der Waals surface area contributed by atoms with Crippen LogP contribution in [0.25, 0.3) is 0 Å². The first-order chi connectivity index (χ1) is 10.2. The van der Waals surface area contributed by atoms with Crippen LogP contribution in [0.3, 0.4) is 0 Å². The molecule has 0 fully saturated rings. The lowest BCUT2D eigenvalue weighted by molar-refractivity contribution is -0.127. The fraction of sp³-hybridized carbons (Fsp3) is 0.250. The molecule has 0 saturated carbocycles. The summed E-state index contributed by atoms with van der Waals surface area (Å²) in [6.45, 7) is 2.93. The summed E-state index contributed by atoms with van der Waals surface area (Å²) in [6, 6.07) is 9.52. The number of aromatic nitrogens is 1. The molecule has 0 saturated heterocycles. The van der Waals surface area contributed by atoms with Crippen molar-refractivity contribution in [2.75, 3.05) is 11.9 Å². The van der Waals surface area contributed by atoms with Crippen LogP contribution < -0.4 is 15.4 Å². The Morgan fingerprint density at radius 3 is 3.14 bits per heavy atom. The van der Waals surface area contributed by atoms with Gasteiger partial charge in [0.2, 0.25) is 0 Å². The molecule has 5 heteroatoms. The third-order valence-electron chi connectivity index (χ3n) is 3.52. The number of aryl methyl sites for hydroxylation is 1. The standard InChI is InChI=1S/C16H17N3O2/c1-11-8-17-7-6-12(11)9-19-16(20)15-10-18-13-4-2-3-5-14(13)21-15/h2-8,15,18H,9-10H2,1H3,(H,19,20). The van der Waals surface area contributed by atoms with E-state index in [0.29, 0.717) is 18.8 Å². The maximum atomic E-state index is 12.2. The fourth-order valence-corrected chi connectivity index (χ4v) is 2.26. The molecule has 21 heavy (non-hydrogen) atoms. The summed E-state index contributed by atoms with van der Waals surface area (Å²) in [5, 5.41) is 6.12. The lowest BCUT2D eigenvalue weighted by Crippen LogP contribution is -2.44. The molecule has 108 valence electrons. The van der Waals surface area contributed by atoms with Crippen LogP contribution in [-0.4, -0.2) is 23.5 Å². The van der Waals surface area contributed by atoms with E-state index >= 15 is 0 Å². The zero-order chi connectivity index (χ0) is 14.7. The molecule has 2 N–H and O–H groups in total. The summed E-state index contributed by atoms with van der Waals surface area (Å²) in [6.07, 6.45) is 3.00. The number of para-hydroxylation sites is 2. The molecular weight excluding hydrogens is 266 g/mol. The Labute approximate surface area is 123 Å². The number of anilines is 1. The molecule has 1 unspecified atom stereocenters. The van der Waals surface area contributed by atoms with E-state index in [9.17, 15) is 4.79 Å². The molecule has 1 aliphatic rings. The molecule has 1 aromatic heterocycles. The second-order valence-electron chi connectivity index (χ2n) is 5.00. The summed E-state index contributed by atoms with van der Waals surface area (Å²) < 4.78 is 5.73. The van der Waals surface area contributed by atoms with Crippen molar-refractivity contribution in [3.05, 3.63) is 53.9 Å². The van der Waals surface area contributed by atoms with Crippen LogP contribution in [0.5, 0.6) is 5.75 Å².